The maximum absolute atomic E-state index is 13.3. The summed E-state index contributed by atoms with van der Waals surface area (Å²) < 4.78 is 4.03. The van der Waals surface area contributed by atoms with Crippen LogP contribution in [-0.4, -0.2) is 50.7 Å². The number of hydrogen-bond acceptors (Lipinski definition) is 6. The molecule has 0 aliphatic carbocycles. The number of aliphatic carboxylic acids is 1. The Labute approximate surface area is 137 Å². The first-order chi connectivity index (χ1) is 11.3. The van der Waals surface area contributed by atoms with Crippen LogP contribution in [0.3, 0.4) is 0 Å². The lowest BCUT2D eigenvalue weighted by molar-refractivity contribution is -0.965. The Morgan fingerprint density at radius 3 is 2.83 bits per heavy atom. The van der Waals surface area contributed by atoms with E-state index < -0.39 is 35.7 Å². The molecule has 2 aliphatic rings. The van der Waals surface area contributed by atoms with E-state index in [0.717, 1.165) is 0 Å². The SMILES string of the molecule is O=C(O)COc1cccc2c1C(O)[N+]([O-])(C1CCC(=O)NC1O)C2. The number of aliphatic hydroxyl groups excluding tert-OH is 2. The molecule has 2 aliphatic heterocycles. The third kappa shape index (κ3) is 2.71. The molecule has 0 saturated carbocycles. The van der Waals surface area contributed by atoms with E-state index in [1.165, 1.54) is 6.07 Å². The van der Waals surface area contributed by atoms with E-state index >= 15 is 0 Å². The van der Waals surface area contributed by atoms with Crippen LogP contribution < -0.4 is 10.1 Å². The third-order valence-electron chi connectivity index (χ3n) is 4.50. The van der Waals surface area contributed by atoms with Crippen molar-refractivity contribution in [2.75, 3.05) is 6.61 Å². The van der Waals surface area contributed by atoms with E-state index in [0.29, 0.717) is 5.56 Å². The summed E-state index contributed by atoms with van der Waals surface area (Å²) in [5, 5.41) is 44.9. The molecule has 0 spiro atoms. The minimum Gasteiger partial charge on any atom is -0.630 e. The molecular weight excluding hydrogens is 320 g/mol. The summed E-state index contributed by atoms with van der Waals surface area (Å²) in [5.74, 6) is -1.39. The smallest absolute Gasteiger partial charge is 0.341 e. The van der Waals surface area contributed by atoms with Gasteiger partial charge in [-0.05, 0) is 6.07 Å². The molecule has 0 bridgehead atoms. The summed E-state index contributed by atoms with van der Waals surface area (Å²) in [4.78, 5) is 22.0. The van der Waals surface area contributed by atoms with E-state index in [2.05, 4.69) is 5.32 Å². The molecular formula is C15H18N2O7. The zero-order valence-electron chi connectivity index (χ0n) is 12.7. The topological polar surface area (TPSA) is 139 Å². The highest BCUT2D eigenvalue weighted by Crippen LogP contribution is 2.46. The van der Waals surface area contributed by atoms with Crippen molar-refractivity contribution in [3.05, 3.63) is 34.5 Å². The molecule has 1 aromatic carbocycles. The largest absolute Gasteiger partial charge is 0.630 e. The van der Waals surface area contributed by atoms with Crippen molar-refractivity contribution >= 4 is 11.9 Å². The predicted molar refractivity (Wildman–Crippen MR) is 79.0 cm³/mol. The van der Waals surface area contributed by atoms with Gasteiger partial charge in [-0.15, -0.1) is 0 Å². The predicted octanol–water partition coefficient (Wildman–Crippen LogP) is -0.434. The van der Waals surface area contributed by atoms with Gasteiger partial charge in [0, 0.05) is 18.4 Å². The van der Waals surface area contributed by atoms with Crippen LogP contribution in [0.5, 0.6) is 5.75 Å². The zero-order chi connectivity index (χ0) is 17.5. The van der Waals surface area contributed by atoms with Gasteiger partial charge in [-0.1, -0.05) is 12.1 Å². The fourth-order valence-corrected chi connectivity index (χ4v) is 3.38. The number of benzene rings is 1. The monoisotopic (exact) mass is 338 g/mol. The van der Waals surface area contributed by atoms with Crippen molar-refractivity contribution in [1.29, 1.82) is 0 Å². The first kappa shape index (κ1) is 16.7. The number of carbonyl (C=O) groups is 2. The summed E-state index contributed by atoms with van der Waals surface area (Å²) in [6, 6.07) is 3.83. The fraction of sp³-hybridized carbons (Fsp3) is 0.467. The van der Waals surface area contributed by atoms with Crippen LogP contribution in [-0.2, 0) is 16.1 Å². The van der Waals surface area contributed by atoms with E-state index in [1.54, 1.807) is 12.1 Å². The van der Waals surface area contributed by atoms with Crippen molar-refractivity contribution < 1.29 is 34.3 Å². The number of carboxylic acids is 1. The van der Waals surface area contributed by atoms with Crippen LogP contribution >= 0.6 is 0 Å². The summed E-state index contributed by atoms with van der Waals surface area (Å²) in [6.07, 6.45) is -2.64. The van der Waals surface area contributed by atoms with Crippen LogP contribution in [0.15, 0.2) is 18.2 Å². The van der Waals surface area contributed by atoms with Gasteiger partial charge in [-0.2, -0.15) is 0 Å². The van der Waals surface area contributed by atoms with E-state index in [-0.39, 0.29) is 36.6 Å². The highest BCUT2D eigenvalue weighted by molar-refractivity contribution is 5.77. The molecule has 4 unspecified atom stereocenters. The van der Waals surface area contributed by atoms with Crippen molar-refractivity contribution in [2.45, 2.75) is 37.9 Å². The number of ether oxygens (including phenoxy) is 1. The van der Waals surface area contributed by atoms with Gasteiger partial charge in [-0.3, -0.25) is 4.79 Å². The Hall–Kier alpha value is -2.20. The lowest BCUT2D eigenvalue weighted by atomic mass is 10.0. The first-order valence-corrected chi connectivity index (χ1v) is 7.53. The number of rotatable bonds is 4. The molecule has 4 atom stereocenters. The molecule has 24 heavy (non-hydrogen) atoms. The molecule has 1 amide bonds. The van der Waals surface area contributed by atoms with E-state index in [9.17, 15) is 25.0 Å². The lowest BCUT2D eigenvalue weighted by Crippen LogP contribution is -2.61. The van der Waals surface area contributed by atoms with Gasteiger partial charge in [0.2, 0.25) is 12.1 Å². The second-order valence-corrected chi connectivity index (χ2v) is 6.02. The molecule has 2 heterocycles. The number of quaternary nitrogens is 1. The first-order valence-electron chi connectivity index (χ1n) is 7.53. The van der Waals surface area contributed by atoms with Gasteiger partial charge >= 0.3 is 5.97 Å². The number of nitrogens with zero attached hydrogens (tertiary/aromatic N) is 1. The standard InChI is InChI=1S/C15H18N2O7/c18-11-5-4-9(14(21)16-11)17(23)6-8-2-1-3-10(13(8)15(17)22)24-7-12(19)20/h1-3,9,14-15,21-22H,4-7H2,(H,16,18)(H,19,20). The number of carboxylic acid groups (broad SMARTS) is 1. The summed E-state index contributed by atoms with van der Waals surface area (Å²) in [5.41, 5.74) is 0.766. The Morgan fingerprint density at radius 2 is 2.17 bits per heavy atom. The molecule has 9 heteroatoms. The zero-order valence-corrected chi connectivity index (χ0v) is 12.7. The van der Waals surface area contributed by atoms with Gasteiger partial charge in [-0.25, -0.2) is 4.79 Å². The van der Waals surface area contributed by atoms with Gasteiger partial charge in [0.1, 0.15) is 18.3 Å². The minimum absolute atomic E-state index is 0.0927. The Kier molecular flexibility index (Phi) is 4.18. The maximum atomic E-state index is 13.3. The second-order valence-electron chi connectivity index (χ2n) is 6.02. The Bertz CT molecular complexity index is 680. The lowest BCUT2D eigenvalue weighted by Gasteiger charge is -2.50. The summed E-state index contributed by atoms with van der Waals surface area (Å²) in [7, 11) is 0. The maximum Gasteiger partial charge on any atom is 0.341 e. The molecule has 0 aromatic heterocycles. The second kappa shape index (κ2) is 6.02. The van der Waals surface area contributed by atoms with Gasteiger partial charge in [0.15, 0.2) is 12.8 Å². The van der Waals surface area contributed by atoms with Crippen molar-refractivity contribution in [1.82, 2.24) is 5.32 Å². The van der Waals surface area contributed by atoms with E-state index in [4.69, 9.17) is 9.84 Å². The van der Waals surface area contributed by atoms with Crippen LogP contribution in [0.2, 0.25) is 0 Å². The quantitative estimate of drug-likeness (QED) is 0.431. The van der Waals surface area contributed by atoms with Crippen LogP contribution in [0.1, 0.15) is 30.2 Å². The van der Waals surface area contributed by atoms with Crippen LogP contribution in [0.4, 0.5) is 0 Å². The number of hydrogen-bond donors (Lipinski definition) is 4. The molecule has 9 nitrogen and oxygen atoms in total. The molecule has 1 aromatic rings. The molecule has 1 saturated heterocycles. The number of piperidine rings is 1. The molecule has 4 N–H and O–H groups in total. The summed E-state index contributed by atoms with van der Waals surface area (Å²) in [6.45, 7) is -0.692. The highest BCUT2D eigenvalue weighted by atomic mass is 16.6. The minimum atomic E-state index is -1.53. The van der Waals surface area contributed by atoms with Crippen molar-refractivity contribution in [3.8, 4) is 5.75 Å². The number of carbonyl (C=O) groups excluding carboxylic acids is 1. The van der Waals surface area contributed by atoms with Crippen molar-refractivity contribution in [3.63, 3.8) is 0 Å². The Balaban J connectivity index is 1.90. The fourth-order valence-electron chi connectivity index (χ4n) is 3.38. The van der Waals surface area contributed by atoms with Gasteiger partial charge in [0.25, 0.3) is 0 Å². The third-order valence-corrected chi connectivity index (χ3v) is 4.50. The average molecular weight is 338 g/mol. The number of nitrogens with one attached hydrogen (secondary N) is 1. The molecule has 3 rings (SSSR count). The van der Waals surface area contributed by atoms with Gasteiger partial charge in [0.05, 0.1) is 5.56 Å². The molecule has 130 valence electrons. The molecule has 1 fully saturated rings. The summed E-state index contributed by atoms with van der Waals surface area (Å²) >= 11 is 0. The van der Waals surface area contributed by atoms with Crippen LogP contribution in [0, 0.1) is 5.21 Å². The number of amides is 1. The number of aliphatic hydroxyl groups is 2. The van der Waals surface area contributed by atoms with Crippen LogP contribution in [0.25, 0.3) is 0 Å². The number of fused-ring (bicyclic) bond motifs is 1. The van der Waals surface area contributed by atoms with Crippen molar-refractivity contribution in [2.24, 2.45) is 0 Å². The normalized spacial score (nSPS) is 32.1. The number of hydroxylamine groups is 3. The average Bonchev–Trinajstić information content (AvgIpc) is 2.77. The van der Waals surface area contributed by atoms with Gasteiger partial charge < -0.3 is 35.2 Å². The molecule has 0 radical (unpaired) electrons. The Morgan fingerprint density at radius 1 is 1.42 bits per heavy atom. The highest BCUT2D eigenvalue weighted by Gasteiger charge is 2.49. The van der Waals surface area contributed by atoms with E-state index in [1.807, 2.05) is 0 Å².